The molecule has 2 aromatic carbocycles. The van der Waals surface area contributed by atoms with E-state index in [0.29, 0.717) is 12.0 Å². The molecule has 0 aliphatic carbocycles. The lowest BCUT2D eigenvalue weighted by atomic mass is 9.79. The van der Waals surface area contributed by atoms with Crippen molar-refractivity contribution in [1.29, 1.82) is 0 Å². The van der Waals surface area contributed by atoms with E-state index < -0.39 is 0 Å². The fraction of sp³-hybridized carbons (Fsp3) is 0.263. The van der Waals surface area contributed by atoms with E-state index in [9.17, 15) is 0 Å². The first-order valence-electron chi connectivity index (χ1n) is 7.30. The van der Waals surface area contributed by atoms with E-state index >= 15 is 0 Å². The molecule has 1 fully saturated rings. The van der Waals surface area contributed by atoms with E-state index in [4.69, 9.17) is 11.6 Å². The highest BCUT2D eigenvalue weighted by Gasteiger charge is 2.40. The Kier molecular flexibility index (Phi) is 3.77. The molecule has 0 bridgehead atoms. The van der Waals surface area contributed by atoms with Crippen LogP contribution in [0.3, 0.4) is 0 Å². The Morgan fingerprint density at radius 3 is 2.29 bits per heavy atom. The molecule has 2 aromatic rings. The maximum absolute atomic E-state index is 6.02. The molecule has 1 heterocycles. The zero-order valence-corrected chi connectivity index (χ0v) is 13.3. The smallest absolute Gasteiger partial charge is 0.0624 e. The van der Waals surface area contributed by atoms with Crippen molar-refractivity contribution in [3.05, 3.63) is 76.8 Å². The minimum Gasteiger partial charge on any atom is -0.363 e. The highest BCUT2D eigenvalue weighted by molar-refractivity contribution is 6.30. The van der Waals surface area contributed by atoms with E-state index in [-0.39, 0.29) is 0 Å². The van der Waals surface area contributed by atoms with Crippen LogP contribution in [0.5, 0.6) is 0 Å². The van der Waals surface area contributed by atoms with Crippen LogP contribution in [0.1, 0.15) is 24.1 Å². The van der Waals surface area contributed by atoms with Gasteiger partial charge in [-0.25, -0.2) is 0 Å². The van der Waals surface area contributed by atoms with Crippen LogP contribution in [0.15, 0.2) is 60.7 Å². The fourth-order valence-corrected chi connectivity index (χ4v) is 3.13. The summed E-state index contributed by atoms with van der Waals surface area (Å²) < 4.78 is 0. The van der Waals surface area contributed by atoms with Gasteiger partial charge in [0, 0.05) is 23.2 Å². The minimum atomic E-state index is 0.363. The zero-order valence-electron chi connectivity index (χ0n) is 12.5. The van der Waals surface area contributed by atoms with Crippen molar-refractivity contribution in [3.8, 4) is 0 Å². The van der Waals surface area contributed by atoms with Crippen molar-refractivity contribution >= 4 is 17.3 Å². The molecule has 0 spiro atoms. The lowest BCUT2D eigenvalue weighted by Crippen LogP contribution is -2.50. The summed E-state index contributed by atoms with van der Waals surface area (Å²) >= 11 is 6.02. The second kappa shape index (κ2) is 5.57. The quantitative estimate of drug-likeness (QED) is 0.685. The van der Waals surface area contributed by atoms with Gasteiger partial charge in [-0.1, -0.05) is 53.6 Å². The molecule has 1 aliphatic rings. The van der Waals surface area contributed by atoms with Crippen LogP contribution in [0.2, 0.25) is 5.02 Å². The Morgan fingerprint density at radius 2 is 1.71 bits per heavy atom. The lowest BCUT2D eigenvalue weighted by molar-refractivity contribution is 0.345. The zero-order chi connectivity index (χ0) is 15.0. The van der Waals surface area contributed by atoms with Crippen molar-refractivity contribution in [2.24, 2.45) is 5.92 Å². The molecule has 2 heteroatoms. The number of aryl methyl sites for hydroxylation is 1. The van der Waals surface area contributed by atoms with Gasteiger partial charge in [0.2, 0.25) is 0 Å². The van der Waals surface area contributed by atoms with E-state index in [1.807, 2.05) is 12.1 Å². The second-order valence-corrected chi connectivity index (χ2v) is 6.37. The summed E-state index contributed by atoms with van der Waals surface area (Å²) in [6.45, 7) is 9.44. The van der Waals surface area contributed by atoms with Crippen LogP contribution >= 0.6 is 11.6 Å². The van der Waals surface area contributed by atoms with Gasteiger partial charge in [0.15, 0.2) is 0 Å². The van der Waals surface area contributed by atoms with E-state index in [0.717, 1.165) is 11.6 Å². The Morgan fingerprint density at radius 1 is 1.10 bits per heavy atom. The summed E-state index contributed by atoms with van der Waals surface area (Å²) in [6.07, 6.45) is 0. The predicted octanol–water partition coefficient (Wildman–Crippen LogP) is 5.40. The van der Waals surface area contributed by atoms with Gasteiger partial charge >= 0.3 is 0 Å². The largest absolute Gasteiger partial charge is 0.363 e. The summed E-state index contributed by atoms with van der Waals surface area (Å²) in [5, 5.41) is 0.784. The van der Waals surface area contributed by atoms with Crippen molar-refractivity contribution in [1.82, 2.24) is 0 Å². The topological polar surface area (TPSA) is 3.24 Å². The Balaban J connectivity index is 1.93. The van der Waals surface area contributed by atoms with Gasteiger partial charge in [-0.15, -0.1) is 0 Å². The van der Waals surface area contributed by atoms with Crippen LogP contribution in [-0.2, 0) is 0 Å². The molecule has 2 atom stereocenters. The van der Waals surface area contributed by atoms with Crippen LogP contribution in [0.25, 0.3) is 0 Å². The van der Waals surface area contributed by atoms with Gasteiger partial charge in [-0.05, 0) is 43.7 Å². The number of nitrogens with zero attached hydrogens (tertiary/aromatic N) is 1. The van der Waals surface area contributed by atoms with E-state index in [2.05, 4.69) is 61.7 Å². The molecule has 3 rings (SSSR count). The normalized spacial score (nSPS) is 21.0. The van der Waals surface area contributed by atoms with Gasteiger partial charge in [0.25, 0.3) is 0 Å². The van der Waals surface area contributed by atoms with E-state index in [1.165, 1.54) is 22.4 Å². The lowest BCUT2D eigenvalue weighted by Gasteiger charge is -2.50. The third-order valence-corrected chi connectivity index (χ3v) is 4.57. The highest BCUT2D eigenvalue weighted by atomic mass is 35.5. The van der Waals surface area contributed by atoms with Gasteiger partial charge in [0.1, 0.15) is 0 Å². The molecule has 21 heavy (non-hydrogen) atoms. The van der Waals surface area contributed by atoms with Crippen molar-refractivity contribution in [2.75, 3.05) is 11.4 Å². The molecule has 0 saturated carbocycles. The summed E-state index contributed by atoms with van der Waals surface area (Å²) in [5.41, 5.74) is 5.12. The molecule has 1 nitrogen and oxygen atoms in total. The van der Waals surface area contributed by atoms with Crippen LogP contribution < -0.4 is 4.90 Å². The van der Waals surface area contributed by atoms with Gasteiger partial charge < -0.3 is 4.90 Å². The third kappa shape index (κ3) is 2.71. The maximum atomic E-state index is 6.02. The molecule has 1 aliphatic heterocycles. The van der Waals surface area contributed by atoms with Crippen LogP contribution in [0.4, 0.5) is 5.69 Å². The van der Waals surface area contributed by atoms with Crippen molar-refractivity contribution in [3.63, 3.8) is 0 Å². The second-order valence-electron chi connectivity index (χ2n) is 5.94. The highest BCUT2D eigenvalue weighted by Crippen LogP contribution is 2.45. The first-order chi connectivity index (χ1) is 10.1. The first-order valence-corrected chi connectivity index (χ1v) is 7.68. The fourth-order valence-electron chi connectivity index (χ4n) is 3.00. The molecule has 0 unspecified atom stereocenters. The molecule has 0 amide bonds. The summed E-state index contributed by atoms with van der Waals surface area (Å²) in [7, 11) is 0. The first kappa shape index (κ1) is 14.2. The van der Waals surface area contributed by atoms with Gasteiger partial charge in [-0.3, -0.25) is 0 Å². The van der Waals surface area contributed by atoms with Crippen molar-refractivity contribution in [2.45, 2.75) is 19.9 Å². The molecule has 108 valence electrons. The Labute approximate surface area is 131 Å². The number of hydrogen-bond donors (Lipinski definition) is 0. The van der Waals surface area contributed by atoms with Crippen LogP contribution in [-0.4, -0.2) is 6.54 Å². The maximum Gasteiger partial charge on any atom is 0.0624 e. The Hall–Kier alpha value is -1.73. The Bertz CT molecular complexity index is 642. The number of hydrogen-bond acceptors (Lipinski definition) is 1. The summed E-state index contributed by atoms with van der Waals surface area (Å²) in [6, 6.07) is 17.3. The van der Waals surface area contributed by atoms with Gasteiger partial charge in [-0.2, -0.15) is 0 Å². The molecular weight excluding hydrogens is 278 g/mol. The SMILES string of the molecule is C=C(C)[C@@H]1CN(c2ccc(C)cc2)[C@H]1c1ccc(Cl)cc1. The average molecular weight is 298 g/mol. The molecule has 0 radical (unpaired) electrons. The van der Waals surface area contributed by atoms with Gasteiger partial charge in [0.05, 0.1) is 6.04 Å². The molecular formula is C19H20ClN. The number of halogens is 1. The summed E-state index contributed by atoms with van der Waals surface area (Å²) in [5.74, 6) is 0.507. The third-order valence-electron chi connectivity index (χ3n) is 4.32. The van der Waals surface area contributed by atoms with E-state index in [1.54, 1.807) is 0 Å². The summed E-state index contributed by atoms with van der Waals surface area (Å²) in [4.78, 5) is 2.45. The number of rotatable bonds is 3. The molecule has 0 aromatic heterocycles. The predicted molar refractivity (Wildman–Crippen MR) is 91.0 cm³/mol. The molecule has 0 N–H and O–H groups in total. The monoisotopic (exact) mass is 297 g/mol. The minimum absolute atomic E-state index is 0.363. The number of benzene rings is 2. The average Bonchev–Trinajstić information content (AvgIpc) is 2.42. The number of anilines is 1. The van der Waals surface area contributed by atoms with Crippen LogP contribution in [0, 0.1) is 12.8 Å². The molecule has 1 saturated heterocycles. The standard InChI is InChI=1S/C19H20ClN/c1-13(2)18-12-21(17-10-4-14(3)5-11-17)19(18)15-6-8-16(20)9-7-15/h4-11,18-19H,1,12H2,2-3H3/t18-,19-/m0/s1. The van der Waals surface area contributed by atoms with Crippen molar-refractivity contribution < 1.29 is 0 Å².